The Morgan fingerprint density at radius 2 is 1.90 bits per heavy atom. The molecule has 0 aliphatic heterocycles. The summed E-state index contributed by atoms with van der Waals surface area (Å²) in [7, 11) is 1.76. The zero-order valence-electron chi connectivity index (χ0n) is 11.0. The van der Waals surface area contributed by atoms with Gasteiger partial charge in [0.15, 0.2) is 0 Å². The molecule has 5 heteroatoms. The molecule has 0 radical (unpaired) electrons. The molecule has 1 aromatic heterocycles. The maximum absolute atomic E-state index is 12.3. The third-order valence-electron chi connectivity index (χ3n) is 2.99. The Bertz CT molecular complexity index is 602. The quantitative estimate of drug-likeness (QED) is 0.863. The average Bonchev–Trinajstić information content (AvgIpc) is 2.45. The fraction of sp³-hybridized carbons (Fsp3) is 0.200. The van der Waals surface area contributed by atoms with E-state index < -0.39 is 0 Å². The van der Waals surface area contributed by atoms with Gasteiger partial charge in [-0.05, 0) is 42.3 Å². The van der Waals surface area contributed by atoms with E-state index in [0.29, 0.717) is 22.2 Å². The van der Waals surface area contributed by atoms with Crippen molar-refractivity contribution in [2.75, 3.05) is 13.6 Å². The first kappa shape index (κ1) is 14.8. The van der Waals surface area contributed by atoms with E-state index in [-0.39, 0.29) is 5.91 Å². The lowest BCUT2D eigenvalue weighted by atomic mass is 10.1. The first-order valence-electron chi connectivity index (χ1n) is 6.17. The molecule has 0 atom stereocenters. The Morgan fingerprint density at radius 1 is 1.20 bits per heavy atom. The van der Waals surface area contributed by atoms with E-state index in [4.69, 9.17) is 23.2 Å². The molecule has 0 spiro atoms. The van der Waals surface area contributed by atoms with Crippen LogP contribution in [-0.2, 0) is 6.42 Å². The highest BCUT2D eigenvalue weighted by atomic mass is 35.5. The lowest BCUT2D eigenvalue weighted by Gasteiger charge is -2.18. The van der Waals surface area contributed by atoms with Crippen molar-refractivity contribution < 1.29 is 4.79 Å². The van der Waals surface area contributed by atoms with Crippen molar-refractivity contribution in [3.05, 3.63) is 63.9 Å². The molecule has 0 aliphatic carbocycles. The molecule has 0 bridgehead atoms. The maximum Gasteiger partial charge on any atom is 0.255 e. The molecule has 0 unspecified atom stereocenters. The number of halogens is 2. The van der Waals surface area contributed by atoms with Gasteiger partial charge in [0, 0.05) is 31.0 Å². The summed E-state index contributed by atoms with van der Waals surface area (Å²) in [6, 6.07) is 8.77. The third kappa shape index (κ3) is 3.71. The summed E-state index contributed by atoms with van der Waals surface area (Å²) in [5, 5.41) is 0.893. The van der Waals surface area contributed by atoms with Crippen molar-refractivity contribution in [2.45, 2.75) is 6.42 Å². The number of likely N-dealkylation sites (N-methyl/N-ethyl adjacent to an activating group) is 1. The van der Waals surface area contributed by atoms with Crippen LogP contribution < -0.4 is 0 Å². The zero-order valence-corrected chi connectivity index (χ0v) is 12.5. The lowest BCUT2D eigenvalue weighted by molar-refractivity contribution is 0.0797. The fourth-order valence-electron chi connectivity index (χ4n) is 1.82. The molecule has 2 rings (SSSR count). The SMILES string of the molecule is CN(CCc1ccncc1)C(=O)c1ccc(Cl)cc1Cl. The molecule has 0 N–H and O–H groups in total. The van der Waals surface area contributed by atoms with Gasteiger partial charge in [0.1, 0.15) is 0 Å². The molecular weight excluding hydrogens is 295 g/mol. The maximum atomic E-state index is 12.3. The van der Waals surface area contributed by atoms with Crippen LogP contribution >= 0.6 is 23.2 Å². The topological polar surface area (TPSA) is 33.2 Å². The van der Waals surface area contributed by atoms with Gasteiger partial charge < -0.3 is 4.90 Å². The van der Waals surface area contributed by atoms with Crippen LogP contribution in [0, 0.1) is 0 Å². The second kappa shape index (κ2) is 6.73. The van der Waals surface area contributed by atoms with Crippen LogP contribution in [0.4, 0.5) is 0 Å². The van der Waals surface area contributed by atoms with Crippen molar-refractivity contribution >= 4 is 29.1 Å². The summed E-state index contributed by atoms with van der Waals surface area (Å²) < 4.78 is 0. The van der Waals surface area contributed by atoms with Crippen molar-refractivity contribution in [3.63, 3.8) is 0 Å². The van der Waals surface area contributed by atoms with E-state index in [2.05, 4.69) is 4.98 Å². The molecular formula is C15H14Cl2N2O. The third-order valence-corrected chi connectivity index (χ3v) is 3.54. The molecule has 0 fully saturated rings. The van der Waals surface area contributed by atoms with Crippen LogP contribution in [0.2, 0.25) is 10.0 Å². The average molecular weight is 309 g/mol. The highest BCUT2D eigenvalue weighted by molar-refractivity contribution is 6.36. The summed E-state index contributed by atoms with van der Waals surface area (Å²) >= 11 is 11.9. The first-order chi connectivity index (χ1) is 9.58. The monoisotopic (exact) mass is 308 g/mol. The Balaban J connectivity index is 2.01. The number of hydrogen-bond donors (Lipinski definition) is 0. The van der Waals surface area contributed by atoms with E-state index in [0.717, 1.165) is 12.0 Å². The Morgan fingerprint density at radius 3 is 2.55 bits per heavy atom. The number of hydrogen-bond acceptors (Lipinski definition) is 2. The van der Waals surface area contributed by atoms with Crippen LogP contribution in [0.25, 0.3) is 0 Å². The number of amides is 1. The predicted molar refractivity (Wildman–Crippen MR) is 81.4 cm³/mol. The van der Waals surface area contributed by atoms with Gasteiger partial charge in [-0.25, -0.2) is 0 Å². The molecule has 20 heavy (non-hydrogen) atoms. The van der Waals surface area contributed by atoms with E-state index in [1.807, 2.05) is 12.1 Å². The van der Waals surface area contributed by atoms with Gasteiger partial charge in [0.25, 0.3) is 5.91 Å². The predicted octanol–water partition coefficient (Wildman–Crippen LogP) is 3.70. The molecule has 1 aromatic carbocycles. The van der Waals surface area contributed by atoms with Gasteiger partial charge in [0.05, 0.1) is 10.6 Å². The highest BCUT2D eigenvalue weighted by Crippen LogP contribution is 2.22. The van der Waals surface area contributed by atoms with Crippen LogP contribution in [0.3, 0.4) is 0 Å². The minimum Gasteiger partial charge on any atom is -0.341 e. The number of carbonyl (C=O) groups excluding carboxylic acids is 1. The van der Waals surface area contributed by atoms with Crippen LogP contribution in [0.5, 0.6) is 0 Å². The molecule has 3 nitrogen and oxygen atoms in total. The Kier molecular flexibility index (Phi) is 4.99. The van der Waals surface area contributed by atoms with E-state index >= 15 is 0 Å². The highest BCUT2D eigenvalue weighted by Gasteiger charge is 2.15. The van der Waals surface area contributed by atoms with Gasteiger partial charge >= 0.3 is 0 Å². The smallest absolute Gasteiger partial charge is 0.255 e. The van der Waals surface area contributed by atoms with Crippen molar-refractivity contribution in [1.29, 1.82) is 0 Å². The standard InChI is InChI=1S/C15H14Cl2N2O/c1-19(9-6-11-4-7-18-8-5-11)15(20)13-3-2-12(16)10-14(13)17/h2-5,7-8,10H,6,9H2,1H3. The Hall–Kier alpha value is -1.58. The number of rotatable bonds is 4. The van der Waals surface area contributed by atoms with Crippen molar-refractivity contribution in [3.8, 4) is 0 Å². The molecule has 0 aliphatic rings. The van der Waals surface area contributed by atoms with Gasteiger partial charge in [-0.15, -0.1) is 0 Å². The van der Waals surface area contributed by atoms with Gasteiger partial charge in [-0.3, -0.25) is 9.78 Å². The second-order valence-electron chi connectivity index (χ2n) is 4.46. The van der Waals surface area contributed by atoms with E-state index in [1.54, 1.807) is 42.5 Å². The summed E-state index contributed by atoms with van der Waals surface area (Å²) in [6.45, 7) is 0.613. The first-order valence-corrected chi connectivity index (χ1v) is 6.93. The molecule has 1 amide bonds. The summed E-state index contributed by atoms with van der Waals surface area (Å²) in [6.07, 6.45) is 4.26. The minimum atomic E-state index is -0.110. The van der Waals surface area contributed by atoms with Crippen molar-refractivity contribution in [1.82, 2.24) is 9.88 Å². The summed E-state index contributed by atoms with van der Waals surface area (Å²) in [4.78, 5) is 17.9. The molecule has 104 valence electrons. The summed E-state index contributed by atoms with van der Waals surface area (Å²) in [5.74, 6) is -0.110. The van der Waals surface area contributed by atoms with Crippen LogP contribution in [0.15, 0.2) is 42.7 Å². The van der Waals surface area contributed by atoms with Gasteiger partial charge in [0.2, 0.25) is 0 Å². The van der Waals surface area contributed by atoms with Crippen molar-refractivity contribution in [2.24, 2.45) is 0 Å². The molecule has 0 saturated heterocycles. The van der Waals surface area contributed by atoms with E-state index in [9.17, 15) is 4.79 Å². The number of pyridine rings is 1. The van der Waals surface area contributed by atoms with E-state index in [1.165, 1.54) is 0 Å². The second-order valence-corrected chi connectivity index (χ2v) is 5.30. The number of benzene rings is 1. The van der Waals surface area contributed by atoms with Gasteiger partial charge in [-0.1, -0.05) is 23.2 Å². The van der Waals surface area contributed by atoms with Crippen LogP contribution in [-0.4, -0.2) is 29.4 Å². The number of nitrogens with zero attached hydrogens (tertiary/aromatic N) is 2. The zero-order chi connectivity index (χ0) is 14.5. The minimum absolute atomic E-state index is 0.110. The van der Waals surface area contributed by atoms with Gasteiger partial charge in [-0.2, -0.15) is 0 Å². The Labute approximate surface area is 128 Å². The van der Waals surface area contributed by atoms with Crippen LogP contribution in [0.1, 0.15) is 15.9 Å². The number of aromatic nitrogens is 1. The molecule has 1 heterocycles. The normalized spacial score (nSPS) is 10.3. The fourth-order valence-corrected chi connectivity index (χ4v) is 2.31. The molecule has 0 saturated carbocycles. The summed E-state index contributed by atoms with van der Waals surface area (Å²) in [5.41, 5.74) is 1.61. The largest absolute Gasteiger partial charge is 0.341 e. The number of carbonyl (C=O) groups is 1. The molecule has 2 aromatic rings. The lowest BCUT2D eigenvalue weighted by Crippen LogP contribution is -2.29.